The standard InChI is InChI=1S/C24H26N2O7/c1-15(28)31-18-9-5-4-8-17(18)23(30)33-22(26-14-27)20-16(7-6-10-24(2)11-12-24)13-19(29)32-21(20)25-3/h4-5,8-9,13-14,25H,6-7,10-12H2,1-3H3. The Morgan fingerprint density at radius 1 is 1.27 bits per heavy atom. The van der Waals surface area contributed by atoms with Gasteiger partial charge in [-0.05, 0) is 55.2 Å². The number of para-hydroxylation sites is 1. The number of ether oxygens (including phenoxy) is 2. The number of carbonyl (C=O) groups excluding carboxylic acids is 3. The van der Waals surface area contributed by atoms with Gasteiger partial charge in [0, 0.05) is 20.0 Å². The molecule has 0 unspecified atom stereocenters. The van der Waals surface area contributed by atoms with Crippen molar-refractivity contribution in [2.75, 3.05) is 12.4 Å². The molecule has 1 N–H and O–H groups in total. The molecule has 9 heteroatoms. The summed E-state index contributed by atoms with van der Waals surface area (Å²) in [6.07, 6.45) is 4.88. The van der Waals surface area contributed by atoms with Gasteiger partial charge >= 0.3 is 17.6 Å². The van der Waals surface area contributed by atoms with E-state index in [1.54, 1.807) is 12.1 Å². The van der Waals surface area contributed by atoms with Crippen molar-refractivity contribution in [3.63, 3.8) is 0 Å². The molecule has 1 aliphatic rings. The lowest BCUT2D eigenvalue weighted by atomic mass is 9.97. The van der Waals surface area contributed by atoms with Crippen molar-refractivity contribution in [3.05, 3.63) is 57.4 Å². The van der Waals surface area contributed by atoms with Crippen molar-refractivity contribution in [1.82, 2.24) is 0 Å². The van der Waals surface area contributed by atoms with Crippen molar-refractivity contribution in [2.45, 2.75) is 46.0 Å². The highest BCUT2D eigenvalue weighted by Gasteiger charge is 2.36. The van der Waals surface area contributed by atoms with Crippen LogP contribution in [-0.2, 0) is 20.7 Å². The third kappa shape index (κ3) is 6.15. The van der Waals surface area contributed by atoms with E-state index >= 15 is 0 Å². The topological polar surface area (TPSA) is 124 Å². The van der Waals surface area contributed by atoms with Crippen molar-refractivity contribution < 1.29 is 28.3 Å². The summed E-state index contributed by atoms with van der Waals surface area (Å²) in [5.74, 6) is -1.79. The van der Waals surface area contributed by atoms with E-state index in [1.807, 2.05) is 0 Å². The fourth-order valence-corrected chi connectivity index (χ4v) is 3.53. The Labute approximate surface area is 190 Å². The molecule has 1 amide bonds. The third-order valence-corrected chi connectivity index (χ3v) is 5.53. The molecule has 0 spiro atoms. The number of esters is 2. The van der Waals surface area contributed by atoms with Gasteiger partial charge < -0.3 is 19.2 Å². The molecule has 0 saturated heterocycles. The van der Waals surface area contributed by atoms with Gasteiger partial charge in [0.05, 0.1) is 0 Å². The van der Waals surface area contributed by atoms with Crippen LogP contribution in [0, 0.1) is 5.41 Å². The van der Waals surface area contributed by atoms with Crippen molar-refractivity contribution in [3.8, 4) is 5.75 Å². The Morgan fingerprint density at radius 2 is 2.00 bits per heavy atom. The molecule has 2 aromatic rings. The number of amides is 1. The Kier molecular flexibility index (Phi) is 7.42. The zero-order chi connectivity index (χ0) is 24.0. The summed E-state index contributed by atoms with van der Waals surface area (Å²) in [6, 6.07) is 7.34. The fraction of sp³-hybridized carbons (Fsp3) is 0.375. The molecule has 0 aliphatic heterocycles. The van der Waals surface area contributed by atoms with Crippen molar-refractivity contribution >= 4 is 30.1 Å². The predicted octanol–water partition coefficient (Wildman–Crippen LogP) is 3.49. The summed E-state index contributed by atoms with van der Waals surface area (Å²) >= 11 is 0. The highest BCUT2D eigenvalue weighted by atomic mass is 16.6. The number of rotatable bonds is 9. The molecule has 1 aliphatic carbocycles. The van der Waals surface area contributed by atoms with Crippen LogP contribution in [0.1, 0.15) is 61.0 Å². The van der Waals surface area contributed by atoms with E-state index in [-0.39, 0.29) is 35.1 Å². The van der Waals surface area contributed by atoms with E-state index in [2.05, 4.69) is 17.2 Å². The second kappa shape index (κ2) is 10.2. The molecule has 33 heavy (non-hydrogen) atoms. The maximum atomic E-state index is 12.9. The van der Waals surface area contributed by atoms with Gasteiger partial charge in [-0.25, -0.2) is 9.59 Å². The van der Waals surface area contributed by atoms with Gasteiger partial charge in [0.1, 0.15) is 16.9 Å². The van der Waals surface area contributed by atoms with Crippen LogP contribution in [-0.4, -0.2) is 31.3 Å². The summed E-state index contributed by atoms with van der Waals surface area (Å²) in [5, 5.41) is 2.76. The zero-order valence-electron chi connectivity index (χ0n) is 18.8. The second-order valence-electron chi connectivity index (χ2n) is 8.23. The monoisotopic (exact) mass is 454 g/mol. The maximum Gasteiger partial charge on any atom is 0.348 e. The number of anilines is 1. The van der Waals surface area contributed by atoms with E-state index in [9.17, 15) is 19.2 Å². The Balaban J connectivity index is 1.95. The average molecular weight is 454 g/mol. The van der Waals surface area contributed by atoms with Gasteiger partial charge in [0.2, 0.25) is 18.2 Å². The van der Waals surface area contributed by atoms with Gasteiger partial charge in [-0.2, -0.15) is 4.99 Å². The van der Waals surface area contributed by atoms with Gasteiger partial charge in [0.15, 0.2) is 0 Å². The second-order valence-corrected chi connectivity index (χ2v) is 8.23. The van der Waals surface area contributed by atoms with E-state index in [4.69, 9.17) is 13.9 Å². The van der Waals surface area contributed by atoms with Crippen LogP contribution in [0.4, 0.5) is 5.88 Å². The minimum atomic E-state index is -0.892. The van der Waals surface area contributed by atoms with Crippen LogP contribution in [0.3, 0.4) is 0 Å². The van der Waals surface area contributed by atoms with Crippen LogP contribution in [0.5, 0.6) is 5.75 Å². The van der Waals surface area contributed by atoms with Crippen molar-refractivity contribution in [1.29, 1.82) is 0 Å². The number of carbonyl (C=O) groups is 3. The number of hydrogen-bond acceptors (Lipinski definition) is 8. The quantitative estimate of drug-likeness (QED) is 0.201. The number of hydrogen-bond donors (Lipinski definition) is 1. The first-order valence-electron chi connectivity index (χ1n) is 10.6. The summed E-state index contributed by atoms with van der Waals surface area (Å²) in [4.78, 5) is 51.4. The smallest absolute Gasteiger partial charge is 0.348 e. The average Bonchev–Trinajstić information content (AvgIpc) is 3.50. The van der Waals surface area contributed by atoms with Crippen LogP contribution < -0.4 is 15.7 Å². The van der Waals surface area contributed by atoms with E-state index in [0.717, 1.165) is 12.8 Å². The molecule has 1 aromatic heterocycles. The van der Waals surface area contributed by atoms with Crippen LogP contribution in [0.2, 0.25) is 0 Å². The molecule has 174 valence electrons. The normalized spacial score (nSPS) is 14.3. The first-order valence-corrected chi connectivity index (χ1v) is 10.6. The number of nitrogens with zero attached hydrogens (tertiary/aromatic N) is 1. The zero-order valence-corrected chi connectivity index (χ0v) is 18.8. The van der Waals surface area contributed by atoms with Gasteiger partial charge in [-0.15, -0.1) is 0 Å². The molecule has 1 fully saturated rings. The Morgan fingerprint density at radius 3 is 2.64 bits per heavy atom. The molecular formula is C24H26N2O7. The van der Waals surface area contributed by atoms with E-state index in [1.165, 1.54) is 45.0 Å². The number of benzene rings is 1. The number of nitrogens with one attached hydrogen (secondary N) is 1. The van der Waals surface area contributed by atoms with Crippen molar-refractivity contribution in [2.24, 2.45) is 10.4 Å². The lowest BCUT2D eigenvalue weighted by Gasteiger charge is -2.15. The molecular weight excluding hydrogens is 428 g/mol. The minimum absolute atomic E-state index is 0.00628. The van der Waals surface area contributed by atoms with Gasteiger partial charge in [-0.3, -0.25) is 9.59 Å². The summed E-state index contributed by atoms with van der Waals surface area (Å²) < 4.78 is 15.7. The largest absolute Gasteiger partial charge is 0.426 e. The highest BCUT2D eigenvalue weighted by molar-refractivity contribution is 6.10. The Hall–Kier alpha value is -3.75. The molecule has 0 atom stereocenters. The first-order chi connectivity index (χ1) is 15.8. The van der Waals surface area contributed by atoms with E-state index < -0.39 is 17.6 Å². The molecule has 1 saturated carbocycles. The van der Waals surface area contributed by atoms with Crippen LogP contribution in [0.25, 0.3) is 0 Å². The fourth-order valence-electron chi connectivity index (χ4n) is 3.53. The molecule has 0 radical (unpaired) electrons. The molecule has 1 aromatic carbocycles. The molecule has 1 heterocycles. The predicted molar refractivity (Wildman–Crippen MR) is 121 cm³/mol. The minimum Gasteiger partial charge on any atom is -0.426 e. The molecule has 0 bridgehead atoms. The number of aliphatic imine (C=N–C) groups is 1. The van der Waals surface area contributed by atoms with E-state index in [0.29, 0.717) is 17.4 Å². The maximum absolute atomic E-state index is 12.9. The van der Waals surface area contributed by atoms with Crippen LogP contribution >= 0.6 is 0 Å². The van der Waals surface area contributed by atoms with Gasteiger partial charge in [0.25, 0.3) is 0 Å². The first kappa shape index (κ1) is 23.9. The lowest BCUT2D eigenvalue weighted by molar-refractivity contribution is -0.131. The summed E-state index contributed by atoms with van der Waals surface area (Å²) in [5.41, 5.74) is 0.480. The van der Waals surface area contributed by atoms with Gasteiger partial charge in [-0.1, -0.05) is 19.1 Å². The highest BCUT2D eigenvalue weighted by Crippen LogP contribution is 2.49. The molecule has 9 nitrogen and oxygen atoms in total. The third-order valence-electron chi connectivity index (χ3n) is 5.53. The van der Waals surface area contributed by atoms with Crippen LogP contribution in [0.15, 0.2) is 44.5 Å². The number of aryl methyl sites for hydroxylation is 1. The summed E-state index contributed by atoms with van der Waals surface area (Å²) in [7, 11) is 1.53. The summed E-state index contributed by atoms with van der Waals surface area (Å²) in [6.45, 7) is 3.43. The molecule has 3 rings (SSSR count). The Bertz CT molecular complexity index is 1150. The lowest BCUT2D eigenvalue weighted by Crippen LogP contribution is -2.20. The SMILES string of the molecule is CNc1oc(=O)cc(CCCC2(C)CC2)c1C(=NC=O)OC(=O)c1ccccc1OC(C)=O.